The summed E-state index contributed by atoms with van der Waals surface area (Å²) in [6.45, 7) is 2.75. The lowest BCUT2D eigenvalue weighted by Crippen LogP contribution is -2.30. The first-order valence-corrected chi connectivity index (χ1v) is 6.99. The van der Waals surface area contributed by atoms with E-state index in [-0.39, 0.29) is 17.0 Å². The third-order valence-electron chi connectivity index (χ3n) is 3.74. The quantitative estimate of drug-likeness (QED) is 0.666. The lowest BCUT2D eigenvalue weighted by atomic mass is 10.0. The van der Waals surface area contributed by atoms with Crippen LogP contribution in [0.1, 0.15) is 36.5 Å². The largest absolute Gasteiger partial charge is 0.351 e. The van der Waals surface area contributed by atoms with Crippen LogP contribution in [0, 0.1) is 15.5 Å². The average molecular weight is 327 g/mol. The number of halogens is 1. The first-order chi connectivity index (χ1) is 8.97. The summed E-state index contributed by atoms with van der Waals surface area (Å²) in [6.07, 6.45) is 3.32. The minimum absolute atomic E-state index is 0.0787. The third kappa shape index (κ3) is 3.12. The molecule has 0 saturated heterocycles. The number of rotatable bonds is 5. The Balaban J connectivity index is 2.10. The average Bonchev–Trinajstić information content (AvgIpc) is 3.17. The van der Waals surface area contributed by atoms with E-state index in [1.54, 1.807) is 0 Å². The molecule has 6 heteroatoms. The van der Waals surface area contributed by atoms with Gasteiger partial charge in [0.15, 0.2) is 0 Å². The Kier molecular flexibility index (Phi) is 3.89. The van der Waals surface area contributed by atoms with Crippen molar-refractivity contribution >= 4 is 27.5 Å². The van der Waals surface area contributed by atoms with E-state index in [1.165, 1.54) is 18.2 Å². The third-order valence-corrected chi connectivity index (χ3v) is 4.43. The fourth-order valence-corrected chi connectivity index (χ4v) is 2.42. The molecule has 0 spiro atoms. The van der Waals surface area contributed by atoms with Crippen molar-refractivity contribution in [3.63, 3.8) is 0 Å². The van der Waals surface area contributed by atoms with Crippen molar-refractivity contribution in [2.24, 2.45) is 5.41 Å². The van der Waals surface area contributed by atoms with Gasteiger partial charge in [-0.05, 0) is 46.7 Å². The Bertz CT molecular complexity index is 527. The van der Waals surface area contributed by atoms with E-state index >= 15 is 0 Å². The summed E-state index contributed by atoms with van der Waals surface area (Å²) in [5, 5.41) is 13.6. The first-order valence-electron chi connectivity index (χ1n) is 6.19. The van der Waals surface area contributed by atoms with Crippen LogP contribution < -0.4 is 5.32 Å². The van der Waals surface area contributed by atoms with E-state index in [4.69, 9.17) is 0 Å². The van der Waals surface area contributed by atoms with Gasteiger partial charge in [0.05, 0.1) is 10.5 Å². The number of non-ortho nitro benzene ring substituents is 1. The fraction of sp³-hybridized carbons (Fsp3) is 0.462. The van der Waals surface area contributed by atoms with Crippen molar-refractivity contribution in [2.75, 3.05) is 6.54 Å². The number of hydrogen-bond donors (Lipinski definition) is 1. The van der Waals surface area contributed by atoms with Crippen LogP contribution >= 0.6 is 15.9 Å². The fourth-order valence-electron chi connectivity index (χ4n) is 2.00. The molecule has 19 heavy (non-hydrogen) atoms. The highest BCUT2D eigenvalue weighted by atomic mass is 79.9. The molecule has 0 bridgehead atoms. The lowest BCUT2D eigenvalue weighted by molar-refractivity contribution is -0.384. The molecule has 1 aromatic rings. The van der Waals surface area contributed by atoms with Crippen LogP contribution in [0.15, 0.2) is 22.7 Å². The van der Waals surface area contributed by atoms with Crippen LogP contribution in [-0.2, 0) is 0 Å². The predicted molar refractivity (Wildman–Crippen MR) is 75.1 cm³/mol. The number of nitro groups is 1. The summed E-state index contributed by atoms with van der Waals surface area (Å²) in [4.78, 5) is 22.3. The Labute approximate surface area is 119 Å². The summed E-state index contributed by atoms with van der Waals surface area (Å²) >= 11 is 3.25. The Morgan fingerprint density at radius 1 is 1.53 bits per heavy atom. The van der Waals surface area contributed by atoms with Gasteiger partial charge in [-0.3, -0.25) is 14.9 Å². The van der Waals surface area contributed by atoms with Gasteiger partial charge in [-0.2, -0.15) is 0 Å². The van der Waals surface area contributed by atoms with Crippen LogP contribution in [-0.4, -0.2) is 17.4 Å². The van der Waals surface area contributed by atoms with E-state index in [0.29, 0.717) is 16.6 Å². The smallest absolute Gasteiger partial charge is 0.270 e. The molecule has 0 unspecified atom stereocenters. The van der Waals surface area contributed by atoms with Crippen LogP contribution in [0.25, 0.3) is 0 Å². The molecule has 2 rings (SSSR count). The molecule has 0 aromatic heterocycles. The number of hydrogen-bond acceptors (Lipinski definition) is 3. The molecule has 0 atom stereocenters. The van der Waals surface area contributed by atoms with Gasteiger partial charge in [-0.15, -0.1) is 0 Å². The molecular formula is C13H15BrN2O3. The van der Waals surface area contributed by atoms with Gasteiger partial charge in [-0.1, -0.05) is 6.92 Å². The Morgan fingerprint density at radius 3 is 2.74 bits per heavy atom. The molecule has 1 aromatic carbocycles. The number of benzene rings is 1. The van der Waals surface area contributed by atoms with E-state index in [9.17, 15) is 14.9 Å². The summed E-state index contributed by atoms with van der Waals surface area (Å²) in [6, 6.07) is 4.19. The van der Waals surface area contributed by atoms with Crippen molar-refractivity contribution in [1.29, 1.82) is 0 Å². The van der Waals surface area contributed by atoms with Crippen molar-refractivity contribution in [1.82, 2.24) is 5.32 Å². The lowest BCUT2D eigenvalue weighted by Gasteiger charge is -2.13. The molecule has 0 aliphatic heterocycles. The molecule has 1 saturated carbocycles. The maximum atomic E-state index is 12.1. The predicted octanol–water partition coefficient (Wildman–Crippen LogP) is 3.28. The van der Waals surface area contributed by atoms with Crippen LogP contribution in [0.2, 0.25) is 0 Å². The first kappa shape index (κ1) is 14.0. The van der Waals surface area contributed by atoms with Gasteiger partial charge >= 0.3 is 0 Å². The second kappa shape index (κ2) is 5.28. The normalized spacial score (nSPS) is 15.9. The Hall–Kier alpha value is -1.43. The maximum absolute atomic E-state index is 12.1. The second-order valence-electron chi connectivity index (χ2n) is 4.96. The molecular weight excluding hydrogens is 312 g/mol. The van der Waals surface area contributed by atoms with E-state index in [1.807, 2.05) is 0 Å². The van der Waals surface area contributed by atoms with Gasteiger partial charge in [0.1, 0.15) is 0 Å². The summed E-state index contributed by atoms with van der Waals surface area (Å²) in [7, 11) is 0. The van der Waals surface area contributed by atoms with Gasteiger partial charge in [0.2, 0.25) is 0 Å². The molecule has 1 amide bonds. The highest BCUT2D eigenvalue weighted by Gasteiger charge is 2.40. The Morgan fingerprint density at radius 2 is 2.21 bits per heavy atom. The zero-order valence-corrected chi connectivity index (χ0v) is 12.2. The summed E-state index contributed by atoms with van der Waals surface area (Å²) in [5.41, 5.74) is 0.481. The minimum atomic E-state index is -0.502. The highest BCUT2D eigenvalue weighted by molar-refractivity contribution is 9.10. The van der Waals surface area contributed by atoms with Gasteiger partial charge in [0, 0.05) is 23.2 Å². The minimum Gasteiger partial charge on any atom is -0.351 e. The molecule has 0 radical (unpaired) electrons. The highest BCUT2D eigenvalue weighted by Crippen LogP contribution is 2.47. The standard InChI is InChI=1S/C13H15BrN2O3/c1-2-13(5-6-13)8-15-12(17)10-7-9(16(18)19)3-4-11(10)14/h3-4,7H,2,5-6,8H2,1H3,(H,15,17). The van der Waals surface area contributed by atoms with Crippen molar-refractivity contribution in [2.45, 2.75) is 26.2 Å². The summed E-state index contributed by atoms with van der Waals surface area (Å²) in [5.74, 6) is -0.268. The van der Waals surface area contributed by atoms with E-state index in [2.05, 4.69) is 28.2 Å². The molecule has 1 N–H and O–H groups in total. The zero-order valence-electron chi connectivity index (χ0n) is 10.6. The maximum Gasteiger partial charge on any atom is 0.270 e. The van der Waals surface area contributed by atoms with Crippen LogP contribution in [0.3, 0.4) is 0 Å². The number of carbonyl (C=O) groups is 1. The second-order valence-corrected chi connectivity index (χ2v) is 5.81. The monoisotopic (exact) mass is 326 g/mol. The molecule has 0 heterocycles. The van der Waals surface area contributed by atoms with Crippen LogP contribution in [0.5, 0.6) is 0 Å². The molecule has 102 valence electrons. The molecule has 1 fully saturated rings. The summed E-state index contributed by atoms with van der Waals surface area (Å²) < 4.78 is 0.567. The van der Waals surface area contributed by atoms with E-state index in [0.717, 1.165) is 19.3 Å². The zero-order chi connectivity index (χ0) is 14.0. The molecule has 1 aliphatic rings. The number of amides is 1. The number of nitro benzene ring substituents is 1. The topological polar surface area (TPSA) is 72.2 Å². The molecule has 1 aliphatic carbocycles. The van der Waals surface area contributed by atoms with Gasteiger partial charge in [-0.25, -0.2) is 0 Å². The van der Waals surface area contributed by atoms with Gasteiger partial charge in [0.25, 0.3) is 11.6 Å². The SMILES string of the molecule is CCC1(CNC(=O)c2cc([N+](=O)[O-])ccc2Br)CC1. The number of nitrogens with one attached hydrogen (secondary N) is 1. The van der Waals surface area contributed by atoms with Crippen molar-refractivity contribution in [3.8, 4) is 0 Å². The molecule has 5 nitrogen and oxygen atoms in total. The van der Waals surface area contributed by atoms with Crippen LogP contribution in [0.4, 0.5) is 5.69 Å². The van der Waals surface area contributed by atoms with Gasteiger partial charge < -0.3 is 5.32 Å². The number of nitrogens with zero attached hydrogens (tertiary/aromatic N) is 1. The van der Waals surface area contributed by atoms with Crippen molar-refractivity contribution < 1.29 is 9.72 Å². The number of carbonyl (C=O) groups excluding carboxylic acids is 1. The van der Waals surface area contributed by atoms with Crippen molar-refractivity contribution in [3.05, 3.63) is 38.3 Å². The van der Waals surface area contributed by atoms with E-state index < -0.39 is 4.92 Å².